The molecule has 0 radical (unpaired) electrons. The Morgan fingerprint density at radius 2 is 1.62 bits per heavy atom. The number of aliphatic hydroxyl groups excluding tert-OH is 1. The molecule has 39 heavy (non-hydrogen) atoms. The van der Waals surface area contributed by atoms with Crippen LogP contribution in [0.5, 0.6) is 0 Å². The van der Waals surface area contributed by atoms with E-state index in [2.05, 4.69) is 10.6 Å². The second-order valence-electron chi connectivity index (χ2n) is 12.6. The van der Waals surface area contributed by atoms with Gasteiger partial charge < -0.3 is 25.8 Å². The number of nitrogens with zero attached hydrogens (tertiary/aromatic N) is 1. The zero-order valence-corrected chi connectivity index (χ0v) is 23.7. The van der Waals surface area contributed by atoms with Crippen LogP contribution in [0.2, 0.25) is 0 Å². The molecule has 0 aromatic heterocycles. The maximum atomic E-state index is 13.8. The zero-order valence-electron chi connectivity index (χ0n) is 23.7. The summed E-state index contributed by atoms with van der Waals surface area (Å²) in [5, 5.41) is 15.5. The highest BCUT2D eigenvalue weighted by atomic mass is 19.4. The standard InChI is InChI=1S/C26H43F3N4O6/c1-13(2)15-10-11-33(17(15)21(36)31-16(12-14-8-9-14)18(34)20(30)35)22(37)19(24(3,4)5)32-23(38)39-25(6,7)26(27,28)29/h13-17,19,23,32,38H,8-12H2,1-7H3,(H2,30,35)(H,31,36)/t15-,16?,17?,19?,23?/m1/s1. The van der Waals surface area contributed by atoms with Crippen LogP contribution >= 0.6 is 0 Å². The average Bonchev–Trinajstić information content (AvgIpc) is 3.47. The van der Waals surface area contributed by atoms with Crippen molar-refractivity contribution in [1.82, 2.24) is 15.5 Å². The number of Topliss-reactive ketones (excluding diaryl/α,β-unsaturated/α-hetero) is 1. The summed E-state index contributed by atoms with van der Waals surface area (Å²) < 4.78 is 44.7. The average molecular weight is 565 g/mol. The maximum absolute atomic E-state index is 13.8. The number of aliphatic hydroxyl groups is 1. The highest BCUT2D eigenvalue weighted by Crippen LogP contribution is 2.36. The lowest BCUT2D eigenvalue weighted by Crippen LogP contribution is -2.61. The van der Waals surface area contributed by atoms with Crippen molar-refractivity contribution >= 4 is 23.5 Å². The van der Waals surface area contributed by atoms with E-state index in [0.29, 0.717) is 6.42 Å². The number of likely N-dealkylation sites (tertiary alicyclic amines) is 1. The minimum Gasteiger partial charge on any atom is -0.363 e. The molecule has 3 amide bonds. The van der Waals surface area contributed by atoms with Gasteiger partial charge in [0.05, 0.1) is 12.1 Å². The van der Waals surface area contributed by atoms with Crippen LogP contribution in [0.4, 0.5) is 13.2 Å². The van der Waals surface area contributed by atoms with Crippen molar-refractivity contribution < 1.29 is 42.2 Å². The van der Waals surface area contributed by atoms with E-state index in [0.717, 1.165) is 26.7 Å². The number of alkyl halides is 3. The number of primary amides is 1. The van der Waals surface area contributed by atoms with Crippen molar-refractivity contribution in [2.75, 3.05) is 6.54 Å². The summed E-state index contributed by atoms with van der Waals surface area (Å²) in [5.41, 5.74) is 1.59. The van der Waals surface area contributed by atoms with Crippen molar-refractivity contribution in [2.45, 2.75) is 110 Å². The molecule has 4 unspecified atom stereocenters. The van der Waals surface area contributed by atoms with Gasteiger partial charge in [0.2, 0.25) is 24.0 Å². The monoisotopic (exact) mass is 564 g/mol. The lowest BCUT2D eigenvalue weighted by molar-refractivity contribution is -0.311. The molecule has 2 fully saturated rings. The molecular formula is C26H43F3N4O6. The first kappa shape index (κ1) is 33.0. The molecule has 5 atom stereocenters. The van der Waals surface area contributed by atoms with E-state index in [1.807, 2.05) is 13.8 Å². The van der Waals surface area contributed by atoms with Crippen LogP contribution in [0.1, 0.15) is 74.1 Å². The molecular weight excluding hydrogens is 521 g/mol. The number of ketones is 1. The van der Waals surface area contributed by atoms with Crippen LogP contribution in [0, 0.1) is 23.2 Å². The number of hydrogen-bond acceptors (Lipinski definition) is 7. The second-order valence-corrected chi connectivity index (χ2v) is 12.6. The molecule has 224 valence electrons. The first-order valence-corrected chi connectivity index (χ1v) is 13.3. The maximum Gasteiger partial charge on any atom is 0.417 e. The lowest BCUT2D eigenvalue weighted by Gasteiger charge is -2.39. The van der Waals surface area contributed by atoms with Crippen LogP contribution in [-0.2, 0) is 23.9 Å². The van der Waals surface area contributed by atoms with Crippen LogP contribution in [0.15, 0.2) is 0 Å². The molecule has 0 bridgehead atoms. The fraction of sp³-hybridized carbons (Fsp3) is 0.846. The van der Waals surface area contributed by atoms with Crippen LogP contribution in [0.25, 0.3) is 0 Å². The molecule has 0 aromatic carbocycles. The van der Waals surface area contributed by atoms with Gasteiger partial charge in [0, 0.05) is 6.54 Å². The van der Waals surface area contributed by atoms with Crippen molar-refractivity contribution in [3.05, 3.63) is 0 Å². The van der Waals surface area contributed by atoms with Crippen molar-refractivity contribution in [2.24, 2.45) is 28.9 Å². The highest BCUT2D eigenvalue weighted by molar-refractivity contribution is 6.37. The lowest BCUT2D eigenvalue weighted by atomic mass is 9.84. The predicted octanol–water partition coefficient (Wildman–Crippen LogP) is 1.84. The fourth-order valence-electron chi connectivity index (χ4n) is 4.82. The van der Waals surface area contributed by atoms with Gasteiger partial charge in [-0.15, -0.1) is 0 Å². The number of halogens is 3. The highest BCUT2D eigenvalue weighted by Gasteiger charge is 2.51. The molecule has 2 aliphatic rings. The topological polar surface area (TPSA) is 151 Å². The van der Waals surface area contributed by atoms with E-state index in [1.54, 1.807) is 20.8 Å². The van der Waals surface area contributed by atoms with Gasteiger partial charge in [0.15, 0.2) is 5.60 Å². The van der Waals surface area contributed by atoms with Gasteiger partial charge in [-0.3, -0.25) is 24.5 Å². The normalized spacial score (nSPS) is 22.9. The molecule has 2 rings (SSSR count). The number of carbonyl (C=O) groups excluding carboxylic acids is 4. The third-order valence-electron chi connectivity index (χ3n) is 7.51. The molecule has 1 aliphatic carbocycles. The van der Waals surface area contributed by atoms with Gasteiger partial charge in [-0.1, -0.05) is 47.5 Å². The summed E-state index contributed by atoms with van der Waals surface area (Å²) in [7, 11) is 0. The van der Waals surface area contributed by atoms with E-state index in [1.165, 1.54) is 4.90 Å². The molecule has 13 heteroatoms. The predicted molar refractivity (Wildman–Crippen MR) is 136 cm³/mol. The Morgan fingerprint density at radius 3 is 2.05 bits per heavy atom. The third kappa shape index (κ3) is 8.37. The van der Waals surface area contributed by atoms with Gasteiger partial charge in [0.25, 0.3) is 5.91 Å². The van der Waals surface area contributed by atoms with E-state index in [9.17, 15) is 37.5 Å². The van der Waals surface area contributed by atoms with Crippen molar-refractivity contribution in [3.8, 4) is 0 Å². The summed E-state index contributed by atoms with van der Waals surface area (Å²) in [5.74, 6) is -3.42. The number of amides is 3. The minimum atomic E-state index is -4.78. The van der Waals surface area contributed by atoms with Gasteiger partial charge in [-0.25, -0.2) is 0 Å². The van der Waals surface area contributed by atoms with Gasteiger partial charge in [-0.05, 0) is 49.9 Å². The number of rotatable bonds is 12. The fourth-order valence-corrected chi connectivity index (χ4v) is 4.82. The minimum absolute atomic E-state index is 0.0326. The molecule has 10 nitrogen and oxygen atoms in total. The summed E-state index contributed by atoms with van der Waals surface area (Å²) in [6.45, 7) is 10.5. The summed E-state index contributed by atoms with van der Waals surface area (Å²) in [6, 6.07) is -3.34. The molecule has 1 saturated heterocycles. The molecule has 0 aromatic rings. The SMILES string of the molecule is CC(C)[C@H]1CCN(C(=O)C(NC(O)OC(C)(C)C(F)(F)F)C(C)(C)C)C1C(=O)NC(CC1CC1)C(=O)C(N)=O. The Morgan fingerprint density at radius 1 is 1.05 bits per heavy atom. The first-order chi connectivity index (χ1) is 17.7. The number of nitrogens with two attached hydrogens (primary N) is 1. The smallest absolute Gasteiger partial charge is 0.363 e. The van der Waals surface area contributed by atoms with E-state index >= 15 is 0 Å². The number of ether oxygens (including phenoxy) is 1. The Balaban J connectivity index is 2.31. The van der Waals surface area contributed by atoms with E-state index in [4.69, 9.17) is 10.5 Å². The molecule has 1 heterocycles. The van der Waals surface area contributed by atoms with Gasteiger partial charge >= 0.3 is 6.18 Å². The van der Waals surface area contributed by atoms with E-state index in [-0.39, 0.29) is 30.7 Å². The van der Waals surface area contributed by atoms with Crippen LogP contribution in [-0.4, -0.2) is 76.4 Å². The van der Waals surface area contributed by atoms with Gasteiger partial charge in [0.1, 0.15) is 6.04 Å². The second kappa shape index (κ2) is 12.1. The summed E-state index contributed by atoms with van der Waals surface area (Å²) in [6.07, 6.45) is -4.44. The Kier molecular flexibility index (Phi) is 10.2. The van der Waals surface area contributed by atoms with Crippen LogP contribution in [0.3, 0.4) is 0 Å². The molecule has 0 spiro atoms. The molecule has 1 aliphatic heterocycles. The summed E-state index contributed by atoms with van der Waals surface area (Å²) >= 11 is 0. The Hall–Kier alpha value is -2.25. The zero-order chi connectivity index (χ0) is 30.1. The Bertz CT molecular complexity index is 930. The first-order valence-electron chi connectivity index (χ1n) is 13.3. The molecule has 1 saturated carbocycles. The number of nitrogens with one attached hydrogen (secondary N) is 2. The Labute approximate surface area is 227 Å². The number of carbonyl (C=O) groups is 4. The van der Waals surface area contributed by atoms with E-state index < -0.39 is 65.2 Å². The quantitative estimate of drug-likeness (QED) is 0.209. The third-order valence-corrected chi connectivity index (χ3v) is 7.51. The molecule has 5 N–H and O–H groups in total. The van der Waals surface area contributed by atoms with Gasteiger partial charge in [-0.2, -0.15) is 13.2 Å². The summed E-state index contributed by atoms with van der Waals surface area (Å²) in [4.78, 5) is 52.8. The van der Waals surface area contributed by atoms with Crippen molar-refractivity contribution in [1.29, 1.82) is 0 Å². The van der Waals surface area contributed by atoms with Crippen LogP contribution < -0.4 is 16.4 Å². The van der Waals surface area contributed by atoms with Crippen molar-refractivity contribution in [3.63, 3.8) is 0 Å². The largest absolute Gasteiger partial charge is 0.417 e. The number of hydrogen-bond donors (Lipinski definition) is 4.